The van der Waals surface area contributed by atoms with Gasteiger partial charge >= 0.3 is 5.97 Å². The van der Waals surface area contributed by atoms with E-state index in [1.54, 1.807) is 13.8 Å². The molecule has 1 N–H and O–H groups in total. The molecule has 0 aliphatic rings. The van der Waals surface area contributed by atoms with Gasteiger partial charge in [-0.25, -0.2) is 18.3 Å². The second-order valence-electron chi connectivity index (χ2n) is 4.52. The van der Waals surface area contributed by atoms with E-state index in [4.69, 9.17) is 16.7 Å². The topological polar surface area (TPSA) is 55.1 Å². The van der Waals surface area contributed by atoms with E-state index in [-0.39, 0.29) is 22.3 Å². The van der Waals surface area contributed by atoms with Gasteiger partial charge in [-0.15, -0.1) is 0 Å². The maximum absolute atomic E-state index is 13.8. The molecule has 4 nitrogen and oxygen atoms in total. The molecule has 106 valence electrons. The molecule has 0 saturated carbocycles. The van der Waals surface area contributed by atoms with Crippen LogP contribution in [0.5, 0.6) is 0 Å². The fourth-order valence-corrected chi connectivity index (χ4v) is 2.30. The molecule has 0 radical (unpaired) electrons. The standard InChI is InChI=1S/C13H11ClF2N2O2/c1-6(2)12-10(14)11(13(19)20)17-18(12)9-4-3-7(15)5-8(9)16/h3-6H,1-2H3,(H,19,20). The molecule has 0 bridgehead atoms. The normalized spacial score (nSPS) is 11.1. The summed E-state index contributed by atoms with van der Waals surface area (Å²) in [5.41, 5.74) is -0.0573. The second kappa shape index (κ2) is 5.20. The number of benzene rings is 1. The lowest BCUT2D eigenvalue weighted by Crippen LogP contribution is -2.07. The molecule has 7 heteroatoms. The Morgan fingerprint density at radius 1 is 1.40 bits per heavy atom. The minimum absolute atomic E-state index is 0.0452. The highest BCUT2D eigenvalue weighted by molar-refractivity contribution is 6.34. The summed E-state index contributed by atoms with van der Waals surface area (Å²) < 4.78 is 27.9. The van der Waals surface area contributed by atoms with Gasteiger partial charge in [0.15, 0.2) is 11.5 Å². The number of carbonyl (C=O) groups is 1. The number of aromatic carboxylic acids is 1. The number of carboxylic acids is 1. The number of hydrogen-bond donors (Lipinski definition) is 1. The van der Waals surface area contributed by atoms with Gasteiger partial charge in [0.2, 0.25) is 0 Å². The minimum Gasteiger partial charge on any atom is -0.476 e. The average Bonchev–Trinajstić information content (AvgIpc) is 2.66. The van der Waals surface area contributed by atoms with E-state index in [2.05, 4.69) is 5.10 Å². The van der Waals surface area contributed by atoms with Crippen molar-refractivity contribution in [3.05, 3.63) is 46.2 Å². The Hall–Kier alpha value is -1.95. The van der Waals surface area contributed by atoms with Crippen LogP contribution in [0.25, 0.3) is 5.69 Å². The zero-order valence-electron chi connectivity index (χ0n) is 10.7. The van der Waals surface area contributed by atoms with E-state index in [0.29, 0.717) is 11.8 Å². The molecule has 0 aliphatic carbocycles. The maximum atomic E-state index is 13.8. The van der Waals surface area contributed by atoms with Crippen LogP contribution in [0.2, 0.25) is 5.02 Å². The molecule has 1 aromatic heterocycles. The molecule has 0 fully saturated rings. The summed E-state index contributed by atoms with van der Waals surface area (Å²) in [5, 5.41) is 12.8. The van der Waals surface area contributed by atoms with Gasteiger partial charge in [0.05, 0.1) is 10.7 Å². The van der Waals surface area contributed by atoms with Crippen LogP contribution >= 0.6 is 11.6 Å². The first kappa shape index (κ1) is 14.5. The lowest BCUT2D eigenvalue weighted by atomic mass is 10.1. The predicted molar refractivity (Wildman–Crippen MR) is 69.5 cm³/mol. The Morgan fingerprint density at radius 3 is 2.55 bits per heavy atom. The van der Waals surface area contributed by atoms with Crippen molar-refractivity contribution in [2.24, 2.45) is 0 Å². The highest BCUT2D eigenvalue weighted by atomic mass is 35.5. The molecule has 0 saturated heterocycles. The van der Waals surface area contributed by atoms with Crippen molar-refractivity contribution in [2.45, 2.75) is 19.8 Å². The number of hydrogen-bond acceptors (Lipinski definition) is 2. The number of aromatic nitrogens is 2. The fourth-order valence-electron chi connectivity index (χ4n) is 1.88. The van der Waals surface area contributed by atoms with Gasteiger partial charge in [0.25, 0.3) is 0 Å². The molecule has 20 heavy (non-hydrogen) atoms. The summed E-state index contributed by atoms with van der Waals surface area (Å²) in [4.78, 5) is 11.1. The van der Waals surface area contributed by atoms with Crippen molar-refractivity contribution in [2.75, 3.05) is 0 Å². The van der Waals surface area contributed by atoms with Crippen molar-refractivity contribution < 1.29 is 18.7 Å². The van der Waals surface area contributed by atoms with E-state index >= 15 is 0 Å². The Morgan fingerprint density at radius 2 is 2.05 bits per heavy atom. The first-order chi connectivity index (χ1) is 9.32. The summed E-state index contributed by atoms with van der Waals surface area (Å²) in [5.74, 6) is -3.07. The molecular formula is C13H11ClF2N2O2. The SMILES string of the molecule is CC(C)c1c(Cl)c(C(=O)O)nn1-c1ccc(F)cc1F. The van der Waals surface area contributed by atoms with Crippen molar-refractivity contribution in [3.63, 3.8) is 0 Å². The zero-order valence-corrected chi connectivity index (χ0v) is 11.4. The molecule has 0 aliphatic heterocycles. The van der Waals surface area contributed by atoms with Crippen LogP contribution in [0.15, 0.2) is 18.2 Å². The molecule has 2 aromatic rings. The Kier molecular flexibility index (Phi) is 3.76. The Labute approximate surface area is 118 Å². The number of carboxylic acid groups (broad SMARTS) is 1. The largest absolute Gasteiger partial charge is 0.476 e. The lowest BCUT2D eigenvalue weighted by molar-refractivity contribution is 0.0690. The third-order valence-corrected chi connectivity index (χ3v) is 3.12. The third-order valence-electron chi connectivity index (χ3n) is 2.75. The van der Waals surface area contributed by atoms with Crippen LogP contribution in [-0.2, 0) is 0 Å². The van der Waals surface area contributed by atoms with Gasteiger partial charge in [0.1, 0.15) is 11.5 Å². The van der Waals surface area contributed by atoms with Crippen LogP contribution in [0.4, 0.5) is 8.78 Å². The van der Waals surface area contributed by atoms with Crippen LogP contribution < -0.4 is 0 Å². The lowest BCUT2D eigenvalue weighted by Gasteiger charge is -2.11. The van der Waals surface area contributed by atoms with E-state index in [1.165, 1.54) is 6.07 Å². The molecule has 0 atom stereocenters. The van der Waals surface area contributed by atoms with Gasteiger partial charge in [-0.2, -0.15) is 5.10 Å². The zero-order chi connectivity index (χ0) is 15.0. The van der Waals surface area contributed by atoms with Gasteiger partial charge in [0, 0.05) is 6.07 Å². The van der Waals surface area contributed by atoms with Crippen molar-refractivity contribution in [1.82, 2.24) is 9.78 Å². The Bertz CT molecular complexity index is 683. The van der Waals surface area contributed by atoms with E-state index in [1.807, 2.05) is 0 Å². The highest BCUT2D eigenvalue weighted by Crippen LogP contribution is 2.30. The van der Waals surface area contributed by atoms with Gasteiger partial charge in [-0.05, 0) is 18.1 Å². The summed E-state index contributed by atoms with van der Waals surface area (Å²) in [7, 11) is 0. The Balaban J connectivity index is 2.73. The number of rotatable bonds is 3. The molecular weight excluding hydrogens is 290 g/mol. The summed E-state index contributed by atoms with van der Waals surface area (Å²) in [6.07, 6.45) is 0. The fraction of sp³-hybridized carbons (Fsp3) is 0.231. The smallest absolute Gasteiger partial charge is 0.358 e. The number of nitrogens with zero attached hydrogens (tertiary/aromatic N) is 2. The van der Waals surface area contributed by atoms with E-state index in [0.717, 1.165) is 10.7 Å². The van der Waals surface area contributed by atoms with Gasteiger partial charge < -0.3 is 5.11 Å². The second-order valence-corrected chi connectivity index (χ2v) is 4.89. The van der Waals surface area contributed by atoms with E-state index in [9.17, 15) is 13.6 Å². The average molecular weight is 301 g/mol. The minimum atomic E-state index is -1.31. The number of halogens is 3. The molecule has 0 amide bonds. The van der Waals surface area contributed by atoms with E-state index < -0.39 is 17.6 Å². The molecule has 1 heterocycles. The van der Waals surface area contributed by atoms with Gasteiger partial charge in [-0.1, -0.05) is 25.4 Å². The summed E-state index contributed by atoms with van der Waals surface area (Å²) in [6.45, 7) is 3.54. The third kappa shape index (κ3) is 2.38. The first-order valence-electron chi connectivity index (χ1n) is 5.80. The van der Waals surface area contributed by atoms with Crippen molar-refractivity contribution in [3.8, 4) is 5.69 Å². The summed E-state index contributed by atoms with van der Waals surface area (Å²) >= 11 is 5.99. The maximum Gasteiger partial charge on any atom is 0.358 e. The molecule has 2 rings (SSSR count). The van der Waals surface area contributed by atoms with Crippen LogP contribution in [0.3, 0.4) is 0 Å². The first-order valence-corrected chi connectivity index (χ1v) is 6.17. The monoisotopic (exact) mass is 300 g/mol. The molecule has 0 unspecified atom stereocenters. The predicted octanol–water partition coefficient (Wildman–Crippen LogP) is 3.63. The quantitative estimate of drug-likeness (QED) is 0.942. The van der Waals surface area contributed by atoms with Crippen molar-refractivity contribution in [1.29, 1.82) is 0 Å². The highest BCUT2D eigenvalue weighted by Gasteiger charge is 2.25. The van der Waals surface area contributed by atoms with Crippen molar-refractivity contribution >= 4 is 17.6 Å². The van der Waals surface area contributed by atoms with Crippen LogP contribution in [0, 0.1) is 11.6 Å². The van der Waals surface area contributed by atoms with Gasteiger partial charge in [-0.3, -0.25) is 0 Å². The molecule has 0 spiro atoms. The molecule has 1 aromatic carbocycles. The summed E-state index contributed by atoms with van der Waals surface area (Å²) in [6, 6.07) is 2.96. The van der Waals surface area contributed by atoms with Crippen LogP contribution in [0.1, 0.15) is 35.9 Å². The van der Waals surface area contributed by atoms with Crippen LogP contribution in [-0.4, -0.2) is 20.9 Å².